The van der Waals surface area contributed by atoms with E-state index in [1.165, 1.54) is 11.8 Å². The molecule has 1 fully saturated rings. The third kappa shape index (κ3) is 6.49. The van der Waals surface area contributed by atoms with Gasteiger partial charge in [-0.05, 0) is 31.7 Å². The van der Waals surface area contributed by atoms with Crippen molar-refractivity contribution in [1.82, 2.24) is 15.5 Å². The average molecular weight is 450 g/mol. The number of carboxylic acid groups (broad SMARTS) is 1. The van der Waals surface area contributed by atoms with Gasteiger partial charge in [-0.3, -0.25) is 14.4 Å². The molecule has 2 rings (SSSR count). The SMILES string of the molecule is CC(O)C(NC(=O)C(CO)NC(=O)C1CCCN1C(=O)C(N)Cc1ccccc1)C(=O)O. The third-order valence-corrected chi connectivity index (χ3v) is 5.32. The van der Waals surface area contributed by atoms with Gasteiger partial charge in [0.2, 0.25) is 17.7 Å². The highest BCUT2D eigenvalue weighted by Gasteiger charge is 2.38. The summed E-state index contributed by atoms with van der Waals surface area (Å²) in [5.74, 6) is -3.47. The minimum absolute atomic E-state index is 0.308. The molecule has 32 heavy (non-hydrogen) atoms. The van der Waals surface area contributed by atoms with Crippen LogP contribution < -0.4 is 16.4 Å². The number of benzene rings is 1. The zero-order chi connectivity index (χ0) is 23.8. The van der Waals surface area contributed by atoms with E-state index in [-0.39, 0.29) is 0 Å². The molecule has 0 radical (unpaired) electrons. The van der Waals surface area contributed by atoms with Crippen LogP contribution in [-0.2, 0) is 25.6 Å². The van der Waals surface area contributed by atoms with Crippen LogP contribution in [0.2, 0.25) is 0 Å². The Bertz CT molecular complexity index is 818. The van der Waals surface area contributed by atoms with Crippen LogP contribution in [0.15, 0.2) is 30.3 Å². The van der Waals surface area contributed by atoms with Crippen molar-refractivity contribution < 1.29 is 34.5 Å². The van der Waals surface area contributed by atoms with E-state index in [2.05, 4.69) is 10.6 Å². The van der Waals surface area contributed by atoms with Gasteiger partial charge in [0.1, 0.15) is 12.1 Å². The van der Waals surface area contributed by atoms with Gasteiger partial charge in [0.05, 0.1) is 18.8 Å². The maximum atomic E-state index is 12.8. The number of hydrogen-bond donors (Lipinski definition) is 6. The Hall–Kier alpha value is -3.02. The number of amides is 3. The highest BCUT2D eigenvalue weighted by Crippen LogP contribution is 2.19. The minimum Gasteiger partial charge on any atom is -0.480 e. The molecule has 5 unspecified atom stereocenters. The number of aliphatic hydroxyl groups excluding tert-OH is 2. The van der Waals surface area contributed by atoms with Gasteiger partial charge in [-0.1, -0.05) is 30.3 Å². The number of carbonyl (C=O) groups is 4. The van der Waals surface area contributed by atoms with Gasteiger partial charge in [-0.2, -0.15) is 0 Å². The summed E-state index contributed by atoms with van der Waals surface area (Å²) in [6.07, 6.45) is -0.148. The Balaban J connectivity index is 2.01. The predicted molar refractivity (Wildman–Crippen MR) is 113 cm³/mol. The molecule has 0 bridgehead atoms. The highest BCUT2D eigenvalue weighted by molar-refractivity contribution is 5.94. The molecule has 11 nitrogen and oxygen atoms in total. The standard InChI is InChI=1S/C21H30N4O7/c1-12(27)17(21(31)32)24-18(28)15(11-26)23-19(29)16-8-5-9-25(16)20(30)14(22)10-13-6-3-2-4-7-13/h2-4,6-7,12,14-17,26-27H,5,8-11,22H2,1H3,(H,23,29)(H,24,28)(H,31,32). The molecule has 1 aliphatic rings. The van der Waals surface area contributed by atoms with Crippen molar-refractivity contribution >= 4 is 23.7 Å². The van der Waals surface area contributed by atoms with Crippen molar-refractivity contribution in [3.8, 4) is 0 Å². The topological polar surface area (TPSA) is 182 Å². The second kappa shape index (κ2) is 11.6. The molecule has 0 aromatic heterocycles. The molecular formula is C21H30N4O7. The predicted octanol–water partition coefficient (Wildman–Crippen LogP) is -2.03. The minimum atomic E-state index is -1.60. The summed E-state index contributed by atoms with van der Waals surface area (Å²) in [6.45, 7) is 0.725. The summed E-state index contributed by atoms with van der Waals surface area (Å²) in [4.78, 5) is 50.4. The van der Waals surface area contributed by atoms with Crippen molar-refractivity contribution in [3.63, 3.8) is 0 Å². The van der Waals surface area contributed by atoms with Crippen LogP contribution in [0.4, 0.5) is 0 Å². The second-order valence-electron chi connectivity index (χ2n) is 7.79. The molecule has 1 aromatic rings. The lowest BCUT2D eigenvalue weighted by atomic mass is 10.0. The first-order valence-electron chi connectivity index (χ1n) is 10.4. The fourth-order valence-corrected chi connectivity index (χ4v) is 3.58. The molecule has 11 heteroatoms. The van der Waals surface area contributed by atoms with Gasteiger partial charge in [0, 0.05) is 6.54 Å². The van der Waals surface area contributed by atoms with E-state index in [1.807, 2.05) is 30.3 Å². The van der Waals surface area contributed by atoms with E-state index >= 15 is 0 Å². The molecule has 0 saturated carbocycles. The number of hydrogen-bond acceptors (Lipinski definition) is 7. The molecule has 176 valence electrons. The van der Waals surface area contributed by atoms with Gasteiger partial charge < -0.3 is 36.6 Å². The van der Waals surface area contributed by atoms with Gasteiger partial charge >= 0.3 is 5.97 Å². The molecule has 7 N–H and O–H groups in total. The fourth-order valence-electron chi connectivity index (χ4n) is 3.58. The van der Waals surface area contributed by atoms with Crippen LogP contribution in [0.3, 0.4) is 0 Å². The second-order valence-corrected chi connectivity index (χ2v) is 7.79. The summed E-state index contributed by atoms with van der Waals surface area (Å²) in [6, 6.07) is 4.48. The Kier molecular flexibility index (Phi) is 9.12. The van der Waals surface area contributed by atoms with E-state index in [9.17, 15) is 29.4 Å². The maximum Gasteiger partial charge on any atom is 0.328 e. The molecule has 0 spiro atoms. The van der Waals surface area contributed by atoms with Gasteiger partial charge in [0.15, 0.2) is 6.04 Å². The zero-order valence-corrected chi connectivity index (χ0v) is 17.8. The van der Waals surface area contributed by atoms with Crippen molar-refractivity contribution in [1.29, 1.82) is 0 Å². The molecule has 0 aliphatic carbocycles. The molecule has 5 atom stereocenters. The maximum absolute atomic E-state index is 12.8. The quantitative estimate of drug-likeness (QED) is 0.236. The number of carboxylic acids is 1. The largest absolute Gasteiger partial charge is 0.480 e. The summed E-state index contributed by atoms with van der Waals surface area (Å²) < 4.78 is 0. The fraction of sp³-hybridized carbons (Fsp3) is 0.524. The molecule has 1 saturated heterocycles. The highest BCUT2D eigenvalue weighted by atomic mass is 16.4. The Morgan fingerprint density at radius 3 is 2.41 bits per heavy atom. The van der Waals surface area contributed by atoms with Crippen molar-refractivity contribution in [2.75, 3.05) is 13.2 Å². The number of carbonyl (C=O) groups excluding carboxylic acids is 3. The first-order valence-corrected chi connectivity index (χ1v) is 10.4. The summed E-state index contributed by atoms with van der Waals surface area (Å²) in [7, 11) is 0. The van der Waals surface area contributed by atoms with E-state index < -0.39 is 60.6 Å². The van der Waals surface area contributed by atoms with Crippen molar-refractivity contribution in [2.24, 2.45) is 5.73 Å². The Morgan fingerprint density at radius 1 is 1.19 bits per heavy atom. The van der Waals surface area contributed by atoms with Crippen LogP contribution in [0.5, 0.6) is 0 Å². The lowest BCUT2D eigenvalue weighted by molar-refractivity contribution is -0.145. The number of likely N-dealkylation sites (tertiary alicyclic amines) is 1. The Labute approximate surface area is 185 Å². The number of aliphatic hydroxyl groups is 2. The number of nitrogens with zero attached hydrogens (tertiary/aromatic N) is 1. The molecular weight excluding hydrogens is 420 g/mol. The molecule has 1 aromatic carbocycles. The number of nitrogens with two attached hydrogens (primary N) is 1. The van der Waals surface area contributed by atoms with E-state index in [0.717, 1.165) is 5.56 Å². The van der Waals surface area contributed by atoms with E-state index in [1.54, 1.807) is 0 Å². The van der Waals surface area contributed by atoms with Crippen molar-refractivity contribution in [3.05, 3.63) is 35.9 Å². The van der Waals surface area contributed by atoms with Crippen molar-refractivity contribution in [2.45, 2.75) is 56.5 Å². The first-order chi connectivity index (χ1) is 15.1. The number of aliphatic carboxylic acids is 1. The van der Waals surface area contributed by atoms with Gasteiger partial charge in [-0.15, -0.1) is 0 Å². The van der Waals surface area contributed by atoms with E-state index in [4.69, 9.17) is 10.8 Å². The lowest BCUT2D eigenvalue weighted by Gasteiger charge is -2.28. The molecule has 1 heterocycles. The van der Waals surface area contributed by atoms with Crippen LogP contribution >= 0.6 is 0 Å². The van der Waals surface area contributed by atoms with Gasteiger partial charge in [-0.25, -0.2) is 4.79 Å². The third-order valence-electron chi connectivity index (χ3n) is 5.32. The first kappa shape index (κ1) is 25.2. The monoisotopic (exact) mass is 450 g/mol. The van der Waals surface area contributed by atoms with Crippen LogP contribution in [0, 0.1) is 0 Å². The smallest absolute Gasteiger partial charge is 0.328 e. The van der Waals surface area contributed by atoms with Crippen LogP contribution in [0.1, 0.15) is 25.3 Å². The summed E-state index contributed by atoms with van der Waals surface area (Å²) in [5, 5.41) is 32.5. The van der Waals surface area contributed by atoms with Crippen LogP contribution in [0.25, 0.3) is 0 Å². The molecule has 3 amide bonds. The van der Waals surface area contributed by atoms with Crippen LogP contribution in [-0.4, -0.2) is 87.3 Å². The lowest BCUT2D eigenvalue weighted by Crippen LogP contribution is -2.59. The summed E-state index contributed by atoms with van der Waals surface area (Å²) in [5.41, 5.74) is 6.96. The number of rotatable bonds is 10. The van der Waals surface area contributed by atoms with E-state index in [0.29, 0.717) is 25.8 Å². The zero-order valence-electron chi connectivity index (χ0n) is 17.8. The molecule has 1 aliphatic heterocycles. The summed E-state index contributed by atoms with van der Waals surface area (Å²) >= 11 is 0. The van der Waals surface area contributed by atoms with Gasteiger partial charge in [0.25, 0.3) is 0 Å². The normalized spacial score (nSPS) is 19.5. The average Bonchev–Trinajstić information content (AvgIpc) is 3.25. The Morgan fingerprint density at radius 2 is 1.84 bits per heavy atom. The number of nitrogens with one attached hydrogen (secondary N) is 2.